The zero-order valence-corrected chi connectivity index (χ0v) is 17.8. The van der Waals surface area contributed by atoms with Gasteiger partial charge in [-0.05, 0) is 45.3 Å². The maximum Gasteiger partial charge on any atom is 0.248 e. The van der Waals surface area contributed by atoms with E-state index in [2.05, 4.69) is 10.5 Å². The van der Waals surface area contributed by atoms with Gasteiger partial charge in [-0.3, -0.25) is 4.79 Å². The van der Waals surface area contributed by atoms with Crippen molar-refractivity contribution >= 4 is 28.1 Å². The lowest BCUT2D eigenvalue weighted by Crippen LogP contribution is -2.46. The lowest BCUT2D eigenvalue weighted by Gasteiger charge is -2.31. The van der Waals surface area contributed by atoms with Gasteiger partial charge in [-0.25, -0.2) is 8.42 Å². The number of nitrogens with zero attached hydrogens (tertiary/aromatic N) is 2. The molecule has 3 rings (SSSR count). The number of sulfonamides is 1. The van der Waals surface area contributed by atoms with Gasteiger partial charge in [0.15, 0.2) is 10.7 Å². The molecule has 1 N–H and O–H groups in total. The number of hydrogen-bond donors (Lipinski definition) is 1. The minimum Gasteiger partial charge on any atom is -0.355 e. The molecule has 0 bridgehead atoms. The number of amides is 1. The first-order chi connectivity index (χ1) is 13.8. The lowest BCUT2D eigenvalue weighted by molar-refractivity contribution is -0.126. The van der Waals surface area contributed by atoms with Crippen molar-refractivity contribution in [1.29, 1.82) is 0 Å². The van der Waals surface area contributed by atoms with Crippen LogP contribution in [0.5, 0.6) is 0 Å². The highest BCUT2D eigenvalue weighted by Gasteiger charge is 2.36. The third kappa shape index (κ3) is 4.94. The van der Waals surface area contributed by atoms with Gasteiger partial charge < -0.3 is 9.84 Å². The first-order valence-electron chi connectivity index (χ1n) is 9.79. The quantitative estimate of drug-likeness (QED) is 0.780. The predicted molar refractivity (Wildman–Crippen MR) is 111 cm³/mol. The molecule has 1 atom stereocenters. The van der Waals surface area contributed by atoms with Gasteiger partial charge in [-0.2, -0.15) is 4.31 Å². The summed E-state index contributed by atoms with van der Waals surface area (Å²) in [5.74, 6) is -0.268. The number of aryl methyl sites for hydroxylation is 1. The Morgan fingerprint density at radius 2 is 2.00 bits per heavy atom. The maximum absolute atomic E-state index is 13.4. The minimum absolute atomic E-state index is 0.0181. The fourth-order valence-corrected chi connectivity index (χ4v) is 5.21. The third-order valence-corrected chi connectivity index (χ3v) is 6.87. The van der Waals surface area contributed by atoms with Gasteiger partial charge in [0.2, 0.25) is 15.9 Å². The van der Waals surface area contributed by atoms with Crippen LogP contribution in [0.15, 0.2) is 39.8 Å². The smallest absolute Gasteiger partial charge is 0.248 e. The van der Waals surface area contributed by atoms with Crippen LogP contribution < -0.4 is 5.32 Å². The highest BCUT2D eigenvalue weighted by Crippen LogP contribution is 2.29. The lowest BCUT2D eigenvalue weighted by atomic mass is 9.98. The summed E-state index contributed by atoms with van der Waals surface area (Å²) in [5.41, 5.74) is 1.24. The Balaban J connectivity index is 1.85. The third-order valence-electron chi connectivity index (χ3n) is 4.84. The zero-order valence-electron chi connectivity index (χ0n) is 17.0. The molecule has 1 saturated heterocycles. The van der Waals surface area contributed by atoms with Gasteiger partial charge in [0.25, 0.3) is 0 Å². The van der Waals surface area contributed by atoms with Crippen LogP contribution >= 0.6 is 0 Å². The van der Waals surface area contributed by atoms with Gasteiger partial charge in [0.05, 0.1) is 5.92 Å². The molecule has 0 unspecified atom stereocenters. The molecule has 0 radical (unpaired) electrons. The van der Waals surface area contributed by atoms with E-state index in [1.165, 1.54) is 4.31 Å². The summed E-state index contributed by atoms with van der Waals surface area (Å²) >= 11 is 0. The van der Waals surface area contributed by atoms with E-state index in [-0.39, 0.29) is 35.1 Å². The largest absolute Gasteiger partial charge is 0.355 e. The fourth-order valence-electron chi connectivity index (χ4n) is 3.44. The van der Waals surface area contributed by atoms with Gasteiger partial charge in [-0.1, -0.05) is 41.6 Å². The highest BCUT2D eigenvalue weighted by molar-refractivity contribution is 7.89. The molecule has 1 amide bonds. The number of hydrogen-bond acceptors (Lipinski definition) is 5. The minimum atomic E-state index is -3.83. The van der Waals surface area contributed by atoms with Crippen molar-refractivity contribution in [2.75, 3.05) is 13.1 Å². The number of benzene rings is 1. The van der Waals surface area contributed by atoms with Crippen molar-refractivity contribution in [2.24, 2.45) is 5.92 Å². The summed E-state index contributed by atoms with van der Waals surface area (Å²) in [6.07, 6.45) is 4.71. The van der Waals surface area contributed by atoms with Gasteiger partial charge >= 0.3 is 0 Å². The molecular weight excluding hydrogens is 390 g/mol. The van der Waals surface area contributed by atoms with Crippen LogP contribution in [-0.2, 0) is 14.8 Å². The van der Waals surface area contributed by atoms with E-state index in [4.69, 9.17) is 4.52 Å². The Morgan fingerprint density at radius 1 is 1.28 bits per heavy atom. The number of nitrogens with one attached hydrogen (secondary N) is 1. The van der Waals surface area contributed by atoms with Crippen LogP contribution in [0.25, 0.3) is 12.2 Å². The van der Waals surface area contributed by atoms with Crippen LogP contribution in [0, 0.1) is 12.8 Å². The second kappa shape index (κ2) is 8.92. The average molecular weight is 418 g/mol. The molecule has 29 heavy (non-hydrogen) atoms. The molecule has 7 nitrogen and oxygen atoms in total. The number of carbonyl (C=O) groups excluding carboxylic acids is 1. The van der Waals surface area contributed by atoms with E-state index in [1.807, 2.05) is 44.2 Å². The first kappa shape index (κ1) is 21.3. The normalized spacial score (nSPS) is 18.4. The van der Waals surface area contributed by atoms with Crippen molar-refractivity contribution < 1.29 is 17.7 Å². The fraction of sp³-hybridized carbons (Fsp3) is 0.429. The number of carbonyl (C=O) groups is 1. The number of aromatic nitrogens is 1. The second-order valence-corrected chi connectivity index (χ2v) is 9.45. The Labute approximate surface area is 171 Å². The standard InChI is InChI=1S/C21H27N3O4S/c1-15(2)22-21(25)18-10-7-13-24(14-18)29(26,27)20-16(3)23-28-19(20)12-11-17-8-5-4-6-9-17/h4-6,8-9,11-12,15,18H,7,10,13-14H2,1-3H3,(H,22,25)/b12-11+/t18-/m1/s1. The summed E-state index contributed by atoms with van der Waals surface area (Å²) < 4.78 is 33.4. The first-order valence-corrected chi connectivity index (χ1v) is 11.2. The molecule has 1 aliphatic rings. The van der Waals surface area contributed by atoms with Crippen LogP contribution in [0.1, 0.15) is 43.7 Å². The van der Waals surface area contributed by atoms with Gasteiger partial charge in [0, 0.05) is 19.1 Å². The van der Waals surface area contributed by atoms with Crippen molar-refractivity contribution in [3.8, 4) is 0 Å². The molecule has 0 spiro atoms. The Morgan fingerprint density at radius 3 is 2.69 bits per heavy atom. The highest BCUT2D eigenvalue weighted by atomic mass is 32.2. The van der Waals surface area contributed by atoms with Crippen LogP contribution in [-0.4, -0.2) is 42.9 Å². The Kier molecular flexibility index (Phi) is 6.54. The molecule has 156 valence electrons. The maximum atomic E-state index is 13.4. The molecule has 8 heteroatoms. The van der Waals surface area contributed by atoms with E-state index >= 15 is 0 Å². The summed E-state index contributed by atoms with van der Waals surface area (Å²) in [4.78, 5) is 12.5. The Bertz CT molecular complexity index is 981. The monoisotopic (exact) mass is 417 g/mol. The molecule has 0 saturated carbocycles. The van der Waals surface area contributed by atoms with Crippen molar-refractivity contribution in [1.82, 2.24) is 14.8 Å². The summed E-state index contributed by atoms with van der Waals surface area (Å²) in [5, 5.41) is 6.75. The van der Waals surface area contributed by atoms with Crippen molar-refractivity contribution in [2.45, 2.75) is 44.6 Å². The topological polar surface area (TPSA) is 92.5 Å². The van der Waals surface area contributed by atoms with E-state index < -0.39 is 10.0 Å². The van der Waals surface area contributed by atoms with Crippen molar-refractivity contribution in [3.05, 3.63) is 47.3 Å². The van der Waals surface area contributed by atoms with Gasteiger partial charge in [-0.15, -0.1) is 0 Å². The molecule has 1 aliphatic heterocycles. The predicted octanol–water partition coefficient (Wildman–Crippen LogP) is 3.08. The van der Waals surface area contributed by atoms with Crippen LogP contribution in [0.3, 0.4) is 0 Å². The zero-order chi connectivity index (χ0) is 21.0. The average Bonchev–Trinajstić information content (AvgIpc) is 3.08. The van der Waals surface area contributed by atoms with E-state index in [1.54, 1.807) is 19.1 Å². The van der Waals surface area contributed by atoms with Crippen LogP contribution in [0.4, 0.5) is 0 Å². The molecule has 0 aliphatic carbocycles. The van der Waals surface area contributed by atoms with E-state index in [0.717, 1.165) is 5.56 Å². The Hall–Kier alpha value is -2.45. The SMILES string of the molecule is Cc1noc(/C=C/c2ccccc2)c1S(=O)(=O)N1CCC[C@@H](C(=O)NC(C)C)C1. The molecule has 2 heterocycles. The number of rotatable bonds is 6. The molecule has 1 aromatic carbocycles. The molecule has 1 aromatic heterocycles. The molecule has 2 aromatic rings. The van der Waals surface area contributed by atoms with E-state index in [9.17, 15) is 13.2 Å². The van der Waals surface area contributed by atoms with E-state index in [0.29, 0.717) is 25.1 Å². The van der Waals surface area contributed by atoms with Gasteiger partial charge in [0.1, 0.15) is 5.69 Å². The summed E-state index contributed by atoms with van der Waals surface area (Å²) in [6, 6.07) is 9.56. The summed E-state index contributed by atoms with van der Waals surface area (Å²) in [6.45, 7) is 5.93. The second-order valence-electron chi connectivity index (χ2n) is 7.57. The molecular formula is C21H27N3O4S. The number of piperidine rings is 1. The van der Waals surface area contributed by atoms with Crippen molar-refractivity contribution in [3.63, 3.8) is 0 Å². The molecule has 1 fully saturated rings. The summed E-state index contributed by atoms with van der Waals surface area (Å²) in [7, 11) is -3.83. The van der Waals surface area contributed by atoms with Crippen LogP contribution in [0.2, 0.25) is 0 Å².